The molecule has 1 atom stereocenters. The summed E-state index contributed by atoms with van der Waals surface area (Å²) in [5.74, 6) is -0.543. The largest absolute Gasteiger partial charge is 0.323 e. The predicted molar refractivity (Wildman–Crippen MR) is 108 cm³/mol. The van der Waals surface area contributed by atoms with E-state index in [0.717, 1.165) is 39.1 Å². The maximum absolute atomic E-state index is 13.1. The van der Waals surface area contributed by atoms with Crippen LogP contribution in [-0.4, -0.2) is 54.5 Å². The third-order valence-corrected chi connectivity index (χ3v) is 5.40. The van der Waals surface area contributed by atoms with Crippen molar-refractivity contribution in [1.29, 1.82) is 0 Å². The first kappa shape index (κ1) is 19.8. The van der Waals surface area contributed by atoms with Crippen LogP contribution in [0.3, 0.4) is 0 Å². The number of nitrogens with zero attached hydrogens (tertiary/aromatic N) is 2. The van der Waals surface area contributed by atoms with Crippen molar-refractivity contribution in [2.45, 2.75) is 19.4 Å². The Bertz CT molecular complexity index is 763. The van der Waals surface area contributed by atoms with Crippen molar-refractivity contribution in [1.82, 2.24) is 9.80 Å². The van der Waals surface area contributed by atoms with Gasteiger partial charge in [0.05, 0.1) is 16.8 Å². The Labute approximate surface area is 164 Å². The zero-order chi connectivity index (χ0) is 19.2. The molecule has 2 aromatic rings. The summed E-state index contributed by atoms with van der Waals surface area (Å²) in [6, 6.07) is 14.2. The summed E-state index contributed by atoms with van der Waals surface area (Å²) < 4.78 is 13.1. The number of amides is 1. The van der Waals surface area contributed by atoms with Gasteiger partial charge in [0.1, 0.15) is 5.82 Å². The highest BCUT2D eigenvalue weighted by molar-refractivity contribution is 6.33. The standard InChI is InChI=1S/C21H25ClFN3O/c1-16(21(27)24-20-8-7-18(23)15-19(20)22)26-13-11-25(12-14-26)10-9-17-5-3-2-4-6-17/h2-8,15-16H,9-14H2,1H3,(H,24,27). The van der Waals surface area contributed by atoms with Gasteiger partial charge in [0.15, 0.2) is 0 Å². The second-order valence-electron chi connectivity index (χ2n) is 6.90. The molecule has 3 rings (SSSR count). The SMILES string of the molecule is CC(C(=O)Nc1ccc(F)cc1Cl)N1CCN(CCc2ccccc2)CC1. The first-order chi connectivity index (χ1) is 13.0. The second-order valence-corrected chi connectivity index (χ2v) is 7.31. The van der Waals surface area contributed by atoms with Crippen LogP contribution < -0.4 is 5.32 Å². The van der Waals surface area contributed by atoms with Crippen LogP contribution in [0.4, 0.5) is 10.1 Å². The average molecular weight is 390 g/mol. The summed E-state index contributed by atoms with van der Waals surface area (Å²) in [6.45, 7) is 6.51. The molecule has 0 saturated carbocycles. The van der Waals surface area contributed by atoms with E-state index < -0.39 is 5.82 Å². The molecule has 0 radical (unpaired) electrons. The van der Waals surface area contributed by atoms with Gasteiger partial charge in [0, 0.05) is 32.7 Å². The summed E-state index contributed by atoms with van der Waals surface area (Å²) >= 11 is 5.99. The number of benzene rings is 2. The van der Waals surface area contributed by atoms with Gasteiger partial charge in [0.2, 0.25) is 5.91 Å². The van der Waals surface area contributed by atoms with Crippen molar-refractivity contribution in [2.75, 3.05) is 38.0 Å². The van der Waals surface area contributed by atoms with Crippen LogP contribution in [0.25, 0.3) is 0 Å². The van der Waals surface area contributed by atoms with E-state index in [4.69, 9.17) is 11.6 Å². The molecular formula is C21H25ClFN3O. The Balaban J connectivity index is 1.46. The number of carbonyl (C=O) groups excluding carboxylic acids is 1. The van der Waals surface area contributed by atoms with Gasteiger partial charge < -0.3 is 10.2 Å². The van der Waals surface area contributed by atoms with E-state index in [0.29, 0.717) is 5.69 Å². The summed E-state index contributed by atoms with van der Waals surface area (Å²) in [6.07, 6.45) is 1.04. The highest BCUT2D eigenvalue weighted by atomic mass is 35.5. The van der Waals surface area contributed by atoms with Gasteiger partial charge in [-0.15, -0.1) is 0 Å². The number of hydrogen-bond acceptors (Lipinski definition) is 3. The van der Waals surface area contributed by atoms with Crippen LogP contribution in [0.2, 0.25) is 5.02 Å². The van der Waals surface area contributed by atoms with E-state index in [1.807, 2.05) is 13.0 Å². The van der Waals surface area contributed by atoms with Crippen LogP contribution >= 0.6 is 11.6 Å². The van der Waals surface area contributed by atoms with Crippen molar-refractivity contribution < 1.29 is 9.18 Å². The van der Waals surface area contributed by atoms with Crippen molar-refractivity contribution in [3.05, 3.63) is 64.9 Å². The van der Waals surface area contributed by atoms with Gasteiger partial charge >= 0.3 is 0 Å². The maximum Gasteiger partial charge on any atom is 0.241 e. The minimum absolute atomic E-state index is 0.124. The lowest BCUT2D eigenvalue weighted by Gasteiger charge is -2.37. The minimum Gasteiger partial charge on any atom is -0.323 e. The number of hydrogen-bond donors (Lipinski definition) is 1. The molecule has 27 heavy (non-hydrogen) atoms. The van der Waals surface area contributed by atoms with Gasteiger partial charge in [-0.05, 0) is 37.1 Å². The van der Waals surface area contributed by atoms with Crippen molar-refractivity contribution >= 4 is 23.2 Å². The third kappa shape index (κ3) is 5.51. The van der Waals surface area contributed by atoms with Gasteiger partial charge in [-0.1, -0.05) is 41.9 Å². The molecule has 1 unspecified atom stereocenters. The van der Waals surface area contributed by atoms with Crippen molar-refractivity contribution in [3.8, 4) is 0 Å². The van der Waals surface area contributed by atoms with E-state index in [-0.39, 0.29) is 17.0 Å². The lowest BCUT2D eigenvalue weighted by Crippen LogP contribution is -2.53. The monoisotopic (exact) mass is 389 g/mol. The highest BCUT2D eigenvalue weighted by Gasteiger charge is 2.25. The molecule has 0 spiro atoms. The molecule has 2 aromatic carbocycles. The van der Waals surface area contributed by atoms with E-state index in [2.05, 4.69) is 39.4 Å². The molecule has 6 heteroatoms. The van der Waals surface area contributed by atoms with Crippen molar-refractivity contribution in [3.63, 3.8) is 0 Å². The molecule has 1 N–H and O–H groups in total. The Morgan fingerprint density at radius 3 is 2.52 bits per heavy atom. The van der Waals surface area contributed by atoms with E-state index >= 15 is 0 Å². The number of piperazine rings is 1. The summed E-state index contributed by atoms with van der Waals surface area (Å²) in [7, 11) is 0. The van der Waals surface area contributed by atoms with E-state index in [1.165, 1.54) is 23.8 Å². The topological polar surface area (TPSA) is 35.6 Å². The molecule has 4 nitrogen and oxygen atoms in total. The lowest BCUT2D eigenvalue weighted by molar-refractivity contribution is -0.121. The molecule has 0 aliphatic carbocycles. The molecule has 144 valence electrons. The zero-order valence-corrected chi connectivity index (χ0v) is 16.3. The molecular weight excluding hydrogens is 365 g/mol. The smallest absolute Gasteiger partial charge is 0.241 e. The number of rotatable bonds is 6. The Kier molecular flexibility index (Phi) is 6.83. The third-order valence-electron chi connectivity index (χ3n) is 5.08. The summed E-state index contributed by atoms with van der Waals surface area (Å²) in [5.41, 5.74) is 1.79. The van der Waals surface area contributed by atoms with Gasteiger partial charge in [-0.3, -0.25) is 9.69 Å². The fraction of sp³-hybridized carbons (Fsp3) is 0.381. The molecule has 1 fully saturated rings. The fourth-order valence-corrected chi connectivity index (χ4v) is 3.51. The number of halogens is 2. The first-order valence-electron chi connectivity index (χ1n) is 9.29. The van der Waals surface area contributed by atoms with Gasteiger partial charge in [0.25, 0.3) is 0 Å². The molecule has 0 bridgehead atoms. The Morgan fingerprint density at radius 2 is 1.85 bits per heavy atom. The summed E-state index contributed by atoms with van der Waals surface area (Å²) in [5, 5.41) is 3.01. The molecule has 1 saturated heterocycles. The Hall–Kier alpha value is -1.95. The number of carbonyl (C=O) groups is 1. The highest BCUT2D eigenvalue weighted by Crippen LogP contribution is 2.23. The quantitative estimate of drug-likeness (QED) is 0.818. The van der Waals surface area contributed by atoms with Crippen molar-refractivity contribution in [2.24, 2.45) is 0 Å². The van der Waals surface area contributed by atoms with E-state index in [9.17, 15) is 9.18 Å². The van der Waals surface area contributed by atoms with Gasteiger partial charge in [-0.2, -0.15) is 0 Å². The lowest BCUT2D eigenvalue weighted by atomic mass is 10.1. The van der Waals surface area contributed by atoms with Crippen LogP contribution in [-0.2, 0) is 11.2 Å². The van der Waals surface area contributed by atoms with Crippen LogP contribution in [0, 0.1) is 5.82 Å². The minimum atomic E-state index is -0.419. The molecule has 1 aliphatic heterocycles. The predicted octanol–water partition coefficient (Wildman–Crippen LogP) is 3.67. The first-order valence-corrected chi connectivity index (χ1v) is 9.67. The Morgan fingerprint density at radius 1 is 1.15 bits per heavy atom. The second kappa shape index (κ2) is 9.31. The normalized spacial score (nSPS) is 16.9. The van der Waals surface area contributed by atoms with E-state index in [1.54, 1.807) is 0 Å². The summed E-state index contributed by atoms with van der Waals surface area (Å²) in [4.78, 5) is 17.1. The van der Waals surface area contributed by atoms with Crippen LogP contribution in [0.1, 0.15) is 12.5 Å². The number of anilines is 1. The molecule has 0 aromatic heterocycles. The molecule has 1 heterocycles. The zero-order valence-electron chi connectivity index (χ0n) is 15.5. The van der Waals surface area contributed by atoms with Crippen LogP contribution in [0.5, 0.6) is 0 Å². The molecule has 1 amide bonds. The number of nitrogens with one attached hydrogen (secondary N) is 1. The average Bonchev–Trinajstić information content (AvgIpc) is 2.69. The van der Waals surface area contributed by atoms with Crippen LogP contribution in [0.15, 0.2) is 48.5 Å². The molecule has 1 aliphatic rings. The fourth-order valence-electron chi connectivity index (χ4n) is 3.30. The van der Waals surface area contributed by atoms with Gasteiger partial charge in [-0.25, -0.2) is 4.39 Å². The maximum atomic E-state index is 13.1.